The number of hydrogen-bond acceptors (Lipinski definition) is 7. The summed E-state index contributed by atoms with van der Waals surface area (Å²) in [6.07, 6.45) is -0.134. The summed E-state index contributed by atoms with van der Waals surface area (Å²) in [6.45, 7) is 10.3. The Hall–Kier alpha value is -2.20. The number of carbonyl (C=O) groups excluding carboxylic acids is 2. The Balaban J connectivity index is 2.24. The van der Waals surface area contributed by atoms with Crippen LogP contribution in [0, 0.1) is 0 Å². The van der Waals surface area contributed by atoms with E-state index >= 15 is 0 Å². The molecule has 3 heterocycles. The van der Waals surface area contributed by atoms with Gasteiger partial charge >= 0.3 is 12.2 Å². The topological polar surface area (TPSA) is 86.6 Å². The Morgan fingerprint density at radius 2 is 1.66 bits per heavy atom. The molecule has 0 radical (unpaired) electrons. The van der Waals surface area contributed by atoms with Crippen molar-refractivity contribution >= 4 is 66.5 Å². The van der Waals surface area contributed by atoms with E-state index in [9.17, 15) is 9.59 Å². The van der Waals surface area contributed by atoms with Crippen molar-refractivity contribution in [2.45, 2.75) is 52.7 Å². The van der Waals surface area contributed by atoms with Gasteiger partial charge in [0.15, 0.2) is 5.82 Å². The molecule has 29 heavy (non-hydrogen) atoms. The number of ether oxygens (including phenoxy) is 2. The smallest absolute Gasteiger partial charge is 0.425 e. The monoisotopic (exact) mass is 482 g/mol. The molecule has 0 aliphatic carbocycles. The number of hydrogen-bond donors (Lipinski definition) is 0. The number of rotatable bonds is 1. The molecule has 156 valence electrons. The second-order valence-corrected chi connectivity index (χ2v) is 11.0. The Morgan fingerprint density at radius 1 is 1.10 bits per heavy atom. The number of halogens is 1. The van der Waals surface area contributed by atoms with Gasteiger partial charge in [0.25, 0.3) is 0 Å². The van der Waals surface area contributed by atoms with Crippen LogP contribution in [0.5, 0.6) is 0 Å². The van der Waals surface area contributed by atoms with E-state index in [1.165, 1.54) is 11.3 Å². The van der Waals surface area contributed by atoms with Crippen LogP contribution in [0.2, 0.25) is 0 Å². The molecule has 2 amide bonds. The number of thiophene rings is 1. The predicted octanol–water partition coefficient (Wildman–Crippen LogP) is 5.62. The fourth-order valence-corrected chi connectivity index (χ4v) is 4.27. The maximum atomic E-state index is 13.0. The molecule has 3 aromatic heterocycles. The third-order valence-electron chi connectivity index (χ3n) is 3.64. The number of nitrogens with zero attached hydrogens (tertiary/aromatic N) is 4. The van der Waals surface area contributed by atoms with Gasteiger partial charge in [0.05, 0.1) is 25.8 Å². The minimum Gasteiger partial charge on any atom is -0.443 e. The van der Waals surface area contributed by atoms with E-state index in [0.717, 1.165) is 18.9 Å². The lowest BCUT2D eigenvalue weighted by atomic mass is 10.2. The van der Waals surface area contributed by atoms with Crippen molar-refractivity contribution in [3.63, 3.8) is 0 Å². The van der Waals surface area contributed by atoms with Crippen molar-refractivity contribution in [3.8, 4) is 0 Å². The van der Waals surface area contributed by atoms with E-state index in [-0.39, 0.29) is 5.82 Å². The number of anilines is 1. The molecule has 0 unspecified atom stereocenters. The molecule has 3 rings (SSSR count). The van der Waals surface area contributed by atoms with Crippen LogP contribution in [0.3, 0.4) is 0 Å². The normalized spacial score (nSPS) is 12.4. The molecule has 0 spiro atoms. The van der Waals surface area contributed by atoms with Gasteiger partial charge in [0.2, 0.25) is 0 Å². The fourth-order valence-electron chi connectivity index (χ4n) is 2.65. The maximum Gasteiger partial charge on any atom is 0.425 e. The van der Waals surface area contributed by atoms with E-state index < -0.39 is 23.4 Å². The summed E-state index contributed by atoms with van der Waals surface area (Å²) >= 11 is 4.97. The molecule has 0 saturated carbocycles. The zero-order valence-corrected chi connectivity index (χ0v) is 19.8. The first-order chi connectivity index (χ1) is 13.3. The average molecular weight is 483 g/mol. The SMILES string of the molecule is Cn1cnc2c(N(C(=O)OC(C)(C)C)C(=O)OC(C)(C)C)nc3cc(Br)sc3c21. The number of amides is 2. The van der Waals surface area contributed by atoms with E-state index in [0.29, 0.717) is 11.0 Å². The van der Waals surface area contributed by atoms with Gasteiger partial charge in [-0.05, 0) is 63.5 Å². The number of pyridine rings is 1. The third-order valence-corrected chi connectivity index (χ3v) is 5.27. The molecule has 0 fully saturated rings. The Labute approximate surface area is 180 Å². The summed E-state index contributed by atoms with van der Waals surface area (Å²) in [5.74, 6) is 0.0712. The predicted molar refractivity (Wildman–Crippen MR) is 117 cm³/mol. The number of imidazole rings is 1. The molecule has 0 saturated heterocycles. The van der Waals surface area contributed by atoms with Crippen molar-refractivity contribution < 1.29 is 19.1 Å². The second-order valence-electron chi connectivity index (χ2n) is 8.55. The quantitative estimate of drug-likeness (QED) is 0.447. The van der Waals surface area contributed by atoms with Crippen LogP contribution in [0.25, 0.3) is 21.3 Å². The first kappa shape index (κ1) is 21.5. The summed E-state index contributed by atoms with van der Waals surface area (Å²) in [6, 6.07) is 1.83. The molecule has 10 heteroatoms. The summed E-state index contributed by atoms with van der Waals surface area (Å²) in [5, 5.41) is 0. The van der Waals surface area contributed by atoms with Crippen LogP contribution in [-0.2, 0) is 16.5 Å². The standard InChI is InChI=1S/C19H23BrN4O4S/c1-18(2,3)27-16(25)24(17(26)28-19(4,5)6)15-12-13(23(7)9-21-12)14-10(22-15)8-11(20)29-14/h8-9H,1-7H3. The van der Waals surface area contributed by atoms with Crippen LogP contribution >= 0.6 is 27.3 Å². The van der Waals surface area contributed by atoms with Crippen LogP contribution in [0.1, 0.15) is 41.5 Å². The lowest BCUT2D eigenvalue weighted by Crippen LogP contribution is -2.44. The molecule has 0 aromatic carbocycles. The number of fused-ring (bicyclic) bond motifs is 3. The molecule has 0 aliphatic heterocycles. The first-order valence-electron chi connectivity index (χ1n) is 8.93. The zero-order valence-electron chi connectivity index (χ0n) is 17.4. The first-order valence-corrected chi connectivity index (χ1v) is 10.5. The third kappa shape index (κ3) is 4.53. The lowest BCUT2D eigenvalue weighted by molar-refractivity contribution is 0.0429. The molecule has 0 N–H and O–H groups in total. The highest BCUT2D eigenvalue weighted by Gasteiger charge is 2.36. The summed E-state index contributed by atoms with van der Waals surface area (Å²) in [5.41, 5.74) is 0.181. The van der Waals surface area contributed by atoms with Gasteiger partial charge in [0, 0.05) is 7.05 Å². The van der Waals surface area contributed by atoms with Gasteiger partial charge in [-0.15, -0.1) is 11.3 Å². The van der Waals surface area contributed by atoms with E-state index in [4.69, 9.17) is 9.47 Å². The molecule has 8 nitrogen and oxygen atoms in total. The largest absolute Gasteiger partial charge is 0.443 e. The minimum atomic E-state index is -0.875. The highest BCUT2D eigenvalue weighted by Crippen LogP contribution is 2.38. The van der Waals surface area contributed by atoms with Gasteiger partial charge in [-0.3, -0.25) is 0 Å². The van der Waals surface area contributed by atoms with Crippen LogP contribution in [0.4, 0.5) is 15.4 Å². The Morgan fingerprint density at radius 3 is 2.17 bits per heavy atom. The molecule has 0 atom stereocenters. The van der Waals surface area contributed by atoms with Gasteiger partial charge in [-0.2, -0.15) is 4.90 Å². The van der Waals surface area contributed by atoms with Crippen LogP contribution in [-0.4, -0.2) is 37.9 Å². The van der Waals surface area contributed by atoms with Crippen molar-refractivity contribution in [1.82, 2.24) is 14.5 Å². The fraction of sp³-hybridized carbons (Fsp3) is 0.474. The van der Waals surface area contributed by atoms with E-state index in [2.05, 4.69) is 25.9 Å². The number of imide groups is 1. The van der Waals surface area contributed by atoms with Crippen molar-refractivity contribution in [1.29, 1.82) is 0 Å². The number of aryl methyl sites for hydroxylation is 1. The van der Waals surface area contributed by atoms with Crippen LogP contribution < -0.4 is 4.90 Å². The average Bonchev–Trinajstić information content (AvgIpc) is 3.06. The summed E-state index contributed by atoms with van der Waals surface area (Å²) in [4.78, 5) is 35.8. The highest BCUT2D eigenvalue weighted by atomic mass is 79.9. The molecular weight excluding hydrogens is 460 g/mol. The number of carbonyl (C=O) groups is 2. The Bertz CT molecular complexity index is 1080. The van der Waals surface area contributed by atoms with Crippen molar-refractivity contribution in [2.75, 3.05) is 4.90 Å². The highest BCUT2D eigenvalue weighted by molar-refractivity contribution is 9.11. The number of aromatic nitrogens is 3. The molecule has 3 aromatic rings. The van der Waals surface area contributed by atoms with Crippen LogP contribution in [0.15, 0.2) is 16.2 Å². The summed E-state index contributed by atoms with van der Waals surface area (Å²) in [7, 11) is 1.84. The molecule has 0 aliphatic rings. The molecular formula is C19H23BrN4O4S. The van der Waals surface area contributed by atoms with E-state index in [1.807, 2.05) is 17.7 Å². The second kappa shape index (κ2) is 7.24. The van der Waals surface area contributed by atoms with Gasteiger partial charge in [-0.25, -0.2) is 19.6 Å². The Kier molecular flexibility index (Phi) is 5.37. The minimum absolute atomic E-state index is 0.0712. The maximum absolute atomic E-state index is 13.0. The van der Waals surface area contributed by atoms with Crippen molar-refractivity contribution in [3.05, 3.63) is 16.2 Å². The van der Waals surface area contributed by atoms with Crippen molar-refractivity contribution in [2.24, 2.45) is 7.05 Å². The van der Waals surface area contributed by atoms with Gasteiger partial charge in [-0.1, -0.05) is 0 Å². The summed E-state index contributed by atoms with van der Waals surface area (Å²) < 4.78 is 14.5. The lowest BCUT2D eigenvalue weighted by Gasteiger charge is -2.28. The van der Waals surface area contributed by atoms with E-state index in [1.54, 1.807) is 47.9 Å². The zero-order chi connectivity index (χ0) is 21.7. The van der Waals surface area contributed by atoms with Gasteiger partial charge < -0.3 is 14.0 Å². The molecule has 0 bridgehead atoms. The van der Waals surface area contributed by atoms with Gasteiger partial charge in [0.1, 0.15) is 16.7 Å².